The minimum absolute atomic E-state index is 0.234. The van der Waals surface area contributed by atoms with Crippen LogP contribution in [0, 0.1) is 17.8 Å². The van der Waals surface area contributed by atoms with Gasteiger partial charge in [-0.15, -0.1) is 0 Å². The second-order valence-corrected chi connectivity index (χ2v) is 7.42. The van der Waals surface area contributed by atoms with E-state index in [-0.39, 0.29) is 5.91 Å². The Bertz CT molecular complexity index is 526. The zero-order valence-corrected chi connectivity index (χ0v) is 13.8. The molecule has 1 amide bonds. The molecule has 2 fully saturated rings. The quantitative estimate of drug-likeness (QED) is 0.875. The second kappa shape index (κ2) is 6.82. The van der Waals surface area contributed by atoms with E-state index in [1.165, 1.54) is 36.8 Å². The van der Waals surface area contributed by atoms with Crippen LogP contribution < -0.4 is 5.32 Å². The fourth-order valence-electron chi connectivity index (χ4n) is 4.36. The standard InChI is InChI=1S/C19H28N2O/c1-21(2)13-17-6-4-3-5-16(17)12-20-19(22)11-18-10-14-7-8-15(18)9-14/h3-6,14-15,18H,7-13H2,1-2H3,(H,20,22)/t14-,15+,18+/m0/s1. The molecule has 0 unspecified atom stereocenters. The van der Waals surface area contributed by atoms with E-state index in [2.05, 4.69) is 48.6 Å². The molecular formula is C19H28N2O. The van der Waals surface area contributed by atoms with E-state index in [0.717, 1.165) is 24.8 Å². The molecule has 1 aromatic carbocycles. The van der Waals surface area contributed by atoms with Gasteiger partial charge in [0.25, 0.3) is 0 Å². The van der Waals surface area contributed by atoms with Crippen LogP contribution in [0.5, 0.6) is 0 Å². The highest BCUT2D eigenvalue weighted by Crippen LogP contribution is 2.49. The summed E-state index contributed by atoms with van der Waals surface area (Å²) in [6.45, 7) is 1.57. The summed E-state index contributed by atoms with van der Waals surface area (Å²) < 4.78 is 0. The first-order valence-electron chi connectivity index (χ1n) is 8.60. The third-order valence-electron chi connectivity index (χ3n) is 5.41. The van der Waals surface area contributed by atoms with Crippen LogP contribution in [0.15, 0.2) is 24.3 Å². The molecule has 0 spiro atoms. The van der Waals surface area contributed by atoms with Gasteiger partial charge in [0, 0.05) is 19.5 Å². The van der Waals surface area contributed by atoms with Gasteiger partial charge in [-0.3, -0.25) is 4.79 Å². The number of nitrogens with zero attached hydrogens (tertiary/aromatic N) is 1. The van der Waals surface area contributed by atoms with Crippen molar-refractivity contribution in [2.24, 2.45) is 17.8 Å². The van der Waals surface area contributed by atoms with Crippen molar-refractivity contribution in [2.75, 3.05) is 14.1 Å². The molecule has 0 radical (unpaired) electrons. The van der Waals surface area contributed by atoms with Crippen molar-refractivity contribution in [3.05, 3.63) is 35.4 Å². The first-order chi connectivity index (χ1) is 10.6. The molecule has 3 nitrogen and oxygen atoms in total. The van der Waals surface area contributed by atoms with Crippen LogP contribution in [0.25, 0.3) is 0 Å². The molecule has 0 saturated heterocycles. The zero-order valence-electron chi connectivity index (χ0n) is 13.8. The van der Waals surface area contributed by atoms with Gasteiger partial charge in [-0.2, -0.15) is 0 Å². The molecule has 0 heterocycles. The molecule has 22 heavy (non-hydrogen) atoms. The lowest BCUT2D eigenvalue weighted by atomic mass is 9.86. The smallest absolute Gasteiger partial charge is 0.220 e. The molecule has 2 aliphatic rings. The average molecular weight is 300 g/mol. The number of carbonyl (C=O) groups excluding carboxylic acids is 1. The molecule has 2 bridgehead atoms. The number of hydrogen-bond donors (Lipinski definition) is 1. The number of amides is 1. The summed E-state index contributed by atoms with van der Waals surface area (Å²) in [6, 6.07) is 8.39. The maximum atomic E-state index is 12.3. The van der Waals surface area contributed by atoms with Crippen molar-refractivity contribution < 1.29 is 4.79 Å². The summed E-state index contributed by atoms with van der Waals surface area (Å²) in [7, 11) is 4.15. The van der Waals surface area contributed by atoms with Crippen molar-refractivity contribution in [3.8, 4) is 0 Å². The van der Waals surface area contributed by atoms with Crippen molar-refractivity contribution in [1.29, 1.82) is 0 Å². The van der Waals surface area contributed by atoms with Gasteiger partial charge in [0.1, 0.15) is 0 Å². The van der Waals surface area contributed by atoms with E-state index in [9.17, 15) is 4.79 Å². The van der Waals surface area contributed by atoms with Crippen LogP contribution >= 0.6 is 0 Å². The van der Waals surface area contributed by atoms with E-state index in [0.29, 0.717) is 12.5 Å². The van der Waals surface area contributed by atoms with Crippen LogP contribution in [0.3, 0.4) is 0 Å². The highest BCUT2D eigenvalue weighted by molar-refractivity contribution is 5.76. The number of benzene rings is 1. The summed E-state index contributed by atoms with van der Waals surface area (Å²) >= 11 is 0. The normalized spacial score (nSPS) is 26.6. The Balaban J connectivity index is 1.51. The first kappa shape index (κ1) is 15.5. The Morgan fingerprint density at radius 1 is 1.18 bits per heavy atom. The Morgan fingerprint density at radius 3 is 2.59 bits per heavy atom. The Labute approximate surface area is 134 Å². The topological polar surface area (TPSA) is 32.3 Å². The van der Waals surface area contributed by atoms with Gasteiger partial charge < -0.3 is 10.2 Å². The van der Waals surface area contributed by atoms with Crippen LogP contribution in [-0.2, 0) is 17.9 Å². The van der Waals surface area contributed by atoms with Crippen LogP contribution in [0.2, 0.25) is 0 Å². The van der Waals surface area contributed by atoms with E-state index in [4.69, 9.17) is 0 Å². The Morgan fingerprint density at radius 2 is 1.95 bits per heavy atom. The van der Waals surface area contributed by atoms with Crippen LogP contribution in [0.1, 0.15) is 43.2 Å². The van der Waals surface area contributed by atoms with E-state index >= 15 is 0 Å². The molecule has 1 aromatic rings. The SMILES string of the molecule is CN(C)Cc1ccccc1CNC(=O)C[C@H]1C[C@H]2CC[C@@H]1C2. The highest BCUT2D eigenvalue weighted by Gasteiger charge is 2.39. The maximum absolute atomic E-state index is 12.3. The van der Waals surface area contributed by atoms with E-state index in [1.54, 1.807) is 0 Å². The number of rotatable bonds is 6. The minimum atomic E-state index is 0.234. The maximum Gasteiger partial charge on any atom is 0.220 e. The molecule has 0 aromatic heterocycles. The predicted octanol–water partition coefficient (Wildman–Crippen LogP) is 3.19. The summed E-state index contributed by atoms with van der Waals surface area (Å²) in [5.41, 5.74) is 2.53. The lowest BCUT2D eigenvalue weighted by Crippen LogP contribution is -2.27. The van der Waals surface area contributed by atoms with E-state index in [1.807, 2.05) is 0 Å². The monoisotopic (exact) mass is 300 g/mol. The van der Waals surface area contributed by atoms with Gasteiger partial charge in [0.2, 0.25) is 5.91 Å². The van der Waals surface area contributed by atoms with Crippen molar-refractivity contribution >= 4 is 5.91 Å². The lowest BCUT2D eigenvalue weighted by molar-refractivity contribution is -0.122. The van der Waals surface area contributed by atoms with Gasteiger partial charge in [-0.25, -0.2) is 0 Å². The van der Waals surface area contributed by atoms with Crippen molar-refractivity contribution in [2.45, 2.75) is 45.2 Å². The molecule has 3 rings (SSSR count). The zero-order chi connectivity index (χ0) is 15.5. The molecule has 120 valence electrons. The minimum Gasteiger partial charge on any atom is -0.352 e. The third-order valence-corrected chi connectivity index (χ3v) is 5.41. The van der Waals surface area contributed by atoms with Crippen molar-refractivity contribution in [1.82, 2.24) is 10.2 Å². The van der Waals surface area contributed by atoms with Gasteiger partial charge in [0.15, 0.2) is 0 Å². The molecular weight excluding hydrogens is 272 g/mol. The summed E-state index contributed by atoms with van der Waals surface area (Å²) in [6.07, 6.45) is 6.16. The van der Waals surface area contributed by atoms with Crippen LogP contribution in [-0.4, -0.2) is 24.9 Å². The molecule has 3 heteroatoms. The Hall–Kier alpha value is -1.35. The fourth-order valence-corrected chi connectivity index (χ4v) is 4.36. The molecule has 0 aliphatic heterocycles. The summed E-state index contributed by atoms with van der Waals surface area (Å²) in [5.74, 6) is 2.63. The molecule has 3 atom stereocenters. The number of carbonyl (C=O) groups is 1. The second-order valence-electron chi connectivity index (χ2n) is 7.42. The number of fused-ring (bicyclic) bond motifs is 2. The largest absolute Gasteiger partial charge is 0.352 e. The van der Waals surface area contributed by atoms with Gasteiger partial charge >= 0.3 is 0 Å². The van der Waals surface area contributed by atoms with Gasteiger partial charge in [0.05, 0.1) is 0 Å². The van der Waals surface area contributed by atoms with Gasteiger partial charge in [-0.1, -0.05) is 30.7 Å². The van der Waals surface area contributed by atoms with Gasteiger partial charge in [-0.05, 0) is 62.2 Å². The van der Waals surface area contributed by atoms with Crippen molar-refractivity contribution in [3.63, 3.8) is 0 Å². The number of nitrogens with one attached hydrogen (secondary N) is 1. The summed E-state index contributed by atoms with van der Waals surface area (Å²) in [5, 5.41) is 3.14. The van der Waals surface area contributed by atoms with E-state index < -0.39 is 0 Å². The summed E-state index contributed by atoms with van der Waals surface area (Å²) in [4.78, 5) is 14.4. The molecule has 1 N–H and O–H groups in total. The lowest BCUT2D eigenvalue weighted by Gasteiger charge is -2.21. The fraction of sp³-hybridized carbons (Fsp3) is 0.632. The molecule has 2 aliphatic carbocycles. The first-order valence-corrected chi connectivity index (χ1v) is 8.60. The third kappa shape index (κ3) is 3.70. The molecule has 2 saturated carbocycles. The number of hydrogen-bond acceptors (Lipinski definition) is 2. The average Bonchev–Trinajstić information content (AvgIpc) is 3.08. The Kier molecular flexibility index (Phi) is 4.82. The predicted molar refractivity (Wildman–Crippen MR) is 89.2 cm³/mol. The van der Waals surface area contributed by atoms with Crippen LogP contribution in [0.4, 0.5) is 0 Å². The highest BCUT2D eigenvalue weighted by atomic mass is 16.1.